The number of benzene rings is 1. The normalized spacial score (nSPS) is 11.6. The second-order valence-corrected chi connectivity index (χ2v) is 4.95. The highest BCUT2D eigenvalue weighted by Crippen LogP contribution is 2.21. The van der Waals surface area contributed by atoms with E-state index in [0.29, 0.717) is 5.71 Å². The van der Waals surface area contributed by atoms with E-state index in [-0.39, 0.29) is 0 Å². The molecule has 0 unspecified atom stereocenters. The largest absolute Gasteiger partial charge is 0.493 e. The lowest BCUT2D eigenvalue weighted by molar-refractivity contribution is 0.302. The molecule has 0 aromatic heterocycles. The van der Waals surface area contributed by atoms with E-state index in [1.165, 1.54) is 25.7 Å². The van der Waals surface area contributed by atoms with Crippen molar-refractivity contribution >= 4 is 5.71 Å². The Labute approximate surface area is 116 Å². The van der Waals surface area contributed by atoms with Gasteiger partial charge in [0.25, 0.3) is 0 Å². The first-order chi connectivity index (χ1) is 9.19. The molecule has 0 saturated heterocycles. The van der Waals surface area contributed by atoms with Gasteiger partial charge in [-0.05, 0) is 38.0 Å². The van der Waals surface area contributed by atoms with E-state index < -0.39 is 0 Å². The van der Waals surface area contributed by atoms with Crippen molar-refractivity contribution in [2.75, 3.05) is 6.61 Å². The lowest BCUT2D eigenvalue weighted by atomic mass is 10.1. The van der Waals surface area contributed by atoms with Crippen LogP contribution in [0.15, 0.2) is 23.4 Å². The third kappa shape index (κ3) is 5.33. The Kier molecular flexibility index (Phi) is 7.01. The van der Waals surface area contributed by atoms with Gasteiger partial charge in [0.05, 0.1) is 12.3 Å². The molecule has 0 fully saturated rings. The van der Waals surface area contributed by atoms with Crippen molar-refractivity contribution in [1.29, 1.82) is 0 Å². The summed E-state index contributed by atoms with van der Waals surface area (Å²) in [5, 5.41) is 12.1. The van der Waals surface area contributed by atoms with E-state index in [1.54, 1.807) is 6.92 Å². The maximum Gasteiger partial charge on any atom is 0.128 e. The topological polar surface area (TPSA) is 41.8 Å². The van der Waals surface area contributed by atoms with Crippen LogP contribution in [-0.2, 0) is 0 Å². The highest BCUT2D eigenvalue weighted by molar-refractivity contribution is 6.00. The number of unbranched alkanes of at least 4 members (excludes halogenated alkanes) is 4. The smallest absolute Gasteiger partial charge is 0.128 e. The van der Waals surface area contributed by atoms with Gasteiger partial charge >= 0.3 is 0 Å². The maximum absolute atomic E-state index is 8.88. The first kappa shape index (κ1) is 15.5. The summed E-state index contributed by atoms with van der Waals surface area (Å²) in [7, 11) is 0. The quantitative estimate of drug-likeness (QED) is 0.324. The number of ether oxygens (including phenoxy) is 1. The van der Waals surface area contributed by atoms with Crippen LogP contribution in [0.25, 0.3) is 0 Å². The Balaban J connectivity index is 2.54. The number of aryl methyl sites for hydroxylation is 1. The average molecular weight is 263 g/mol. The Hall–Kier alpha value is -1.51. The molecule has 0 aliphatic heterocycles. The van der Waals surface area contributed by atoms with Crippen molar-refractivity contribution in [3.63, 3.8) is 0 Å². The molecule has 19 heavy (non-hydrogen) atoms. The molecule has 1 rings (SSSR count). The van der Waals surface area contributed by atoms with Crippen LogP contribution in [0, 0.1) is 6.92 Å². The van der Waals surface area contributed by atoms with Gasteiger partial charge < -0.3 is 9.94 Å². The van der Waals surface area contributed by atoms with Crippen molar-refractivity contribution in [2.24, 2.45) is 5.16 Å². The minimum absolute atomic E-state index is 0.584. The fraction of sp³-hybridized carbons (Fsp3) is 0.562. The molecule has 0 spiro atoms. The molecule has 0 aliphatic carbocycles. The third-order valence-electron chi connectivity index (χ3n) is 3.18. The Morgan fingerprint density at radius 3 is 2.63 bits per heavy atom. The fourth-order valence-corrected chi connectivity index (χ4v) is 1.99. The molecule has 0 saturated carbocycles. The van der Waals surface area contributed by atoms with Crippen molar-refractivity contribution in [1.82, 2.24) is 0 Å². The zero-order valence-electron chi connectivity index (χ0n) is 12.3. The highest BCUT2D eigenvalue weighted by atomic mass is 16.5. The van der Waals surface area contributed by atoms with Crippen LogP contribution in [-0.4, -0.2) is 17.5 Å². The van der Waals surface area contributed by atoms with Crippen molar-refractivity contribution in [2.45, 2.75) is 52.9 Å². The van der Waals surface area contributed by atoms with E-state index in [0.717, 1.165) is 29.9 Å². The minimum atomic E-state index is 0.584. The van der Waals surface area contributed by atoms with Crippen LogP contribution in [0.5, 0.6) is 5.75 Å². The van der Waals surface area contributed by atoms with E-state index in [4.69, 9.17) is 9.94 Å². The maximum atomic E-state index is 8.88. The predicted molar refractivity (Wildman–Crippen MR) is 79.4 cm³/mol. The van der Waals surface area contributed by atoms with Gasteiger partial charge in [0, 0.05) is 5.56 Å². The van der Waals surface area contributed by atoms with E-state index in [1.807, 2.05) is 25.1 Å². The van der Waals surface area contributed by atoms with Gasteiger partial charge in [-0.1, -0.05) is 43.8 Å². The summed E-state index contributed by atoms with van der Waals surface area (Å²) in [6.45, 7) is 6.74. The summed E-state index contributed by atoms with van der Waals surface area (Å²) in [4.78, 5) is 0. The molecular formula is C16H25NO2. The van der Waals surface area contributed by atoms with Crippen LogP contribution in [0.3, 0.4) is 0 Å². The van der Waals surface area contributed by atoms with E-state index >= 15 is 0 Å². The third-order valence-corrected chi connectivity index (χ3v) is 3.18. The zero-order valence-corrected chi connectivity index (χ0v) is 12.3. The molecule has 1 aromatic rings. The Morgan fingerprint density at radius 2 is 1.95 bits per heavy atom. The molecule has 0 bridgehead atoms. The van der Waals surface area contributed by atoms with E-state index in [2.05, 4.69) is 12.1 Å². The second-order valence-electron chi connectivity index (χ2n) is 4.95. The van der Waals surface area contributed by atoms with Crippen molar-refractivity contribution in [3.05, 3.63) is 29.3 Å². The van der Waals surface area contributed by atoms with Gasteiger partial charge in [-0.25, -0.2) is 0 Å². The Morgan fingerprint density at radius 1 is 1.21 bits per heavy atom. The molecule has 0 heterocycles. The molecule has 3 heteroatoms. The van der Waals surface area contributed by atoms with E-state index in [9.17, 15) is 0 Å². The summed E-state index contributed by atoms with van der Waals surface area (Å²) < 4.78 is 5.83. The zero-order chi connectivity index (χ0) is 14.1. The first-order valence-corrected chi connectivity index (χ1v) is 7.11. The number of nitrogens with zero attached hydrogens (tertiary/aromatic N) is 1. The lowest BCUT2D eigenvalue weighted by Crippen LogP contribution is -2.04. The average Bonchev–Trinajstić information content (AvgIpc) is 2.42. The molecule has 0 amide bonds. The number of hydrogen-bond acceptors (Lipinski definition) is 3. The summed E-state index contributed by atoms with van der Waals surface area (Å²) in [6, 6.07) is 5.94. The fourth-order valence-electron chi connectivity index (χ4n) is 1.99. The van der Waals surface area contributed by atoms with Gasteiger partial charge in [0.2, 0.25) is 0 Å². The monoisotopic (exact) mass is 263 g/mol. The van der Waals surface area contributed by atoms with Crippen LogP contribution >= 0.6 is 0 Å². The lowest BCUT2D eigenvalue weighted by Gasteiger charge is -2.11. The summed E-state index contributed by atoms with van der Waals surface area (Å²) in [5.74, 6) is 0.811. The highest BCUT2D eigenvalue weighted by Gasteiger charge is 2.07. The molecule has 1 aromatic carbocycles. The summed E-state index contributed by atoms with van der Waals surface area (Å²) >= 11 is 0. The number of hydrogen-bond donors (Lipinski definition) is 1. The van der Waals surface area contributed by atoms with Crippen LogP contribution in [0.1, 0.15) is 57.1 Å². The molecule has 0 aliphatic rings. The predicted octanol–water partition coefficient (Wildman–Crippen LogP) is 4.54. The molecule has 106 valence electrons. The molecule has 3 nitrogen and oxygen atoms in total. The summed E-state index contributed by atoms with van der Waals surface area (Å²) in [6.07, 6.45) is 6.11. The second kappa shape index (κ2) is 8.57. The van der Waals surface area contributed by atoms with Gasteiger partial charge in [0.15, 0.2) is 0 Å². The van der Waals surface area contributed by atoms with Crippen LogP contribution in [0.2, 0.25) is 0 Å². The SMILES string of the molecule is CCCCCCCOc1cc(C)ccc1C(C)=NO. The van der Waals surface area contributed by atoms with Gasteiger partial charge in [-0.15, -0.1) is 0 Å². The van der Waals surface area contributed by atoms with Gasteiger partial charge in [0.1, 0.15) is 5.75 Å². The van der Waals surface area contributed by atoms with Crippen LogP contribution < -0.4 is 4.74 Å². The number of oxime groups is 1. The number of rotatable bonds is 8. The molecule has 0 radical (unpaired) electrons. The van der Waals surface area contributed by atoms with Gasteiger partial charge in [-0.2, -0.15) is 0 Å². The summed E-state index contributed by atoms with van der Waals surface area (Å²) in [5.41, 5.74) is 2.60. The molecule has 1 N–H and O–H groups in total. The van der Waals surface area contributed by atoms with Crippen molar-refractivity contribution < 1.29 is 9.94 Å². The minimum Gasteiger partial charge on any atom is -0.493 e. The first-order valence-electron chi connectivity index (χ1n) is 7.11. The van der Waals surface area contributed by atoms with Crippen LogP contribution in [0.4, 0.5) is 0 Å². The molecule has 0 atom stereocenters. The van der Waals surface area contributed by atoms with Gasteiger partial charge in [-0.3, -0.25) is 0 Å². The van der Waals surface area contributed by atoms with Crippen molar-refractivity contribution in [3.8, 4) is 5.75 Å². The standard InChI is InChI=1S/C16H25NO2/c1-4-5-6-7-8-11-19-16-12-13(2)9-10-15(16)14(3)17-18/h9-10,12,18H,4-8,11H2,1-3H3. The molecular weight excluding hydrogens is 238 g/mol. The Bertz CT molecular complexity index is 413.